The maximum absolute atomic E-state index is 12.9. The Hall–Kier alpha value is 0.150. The summed E-state index contributed by atoms with van der Waals surface area (Å²) in [5, 5.41) is 0. The molecule has 0 saturated heterocycles. The molecular formula is C13H27O3P. The molecule has 4 heteroatoms. The van der Waals surface area contributed by atoms with Crippen molar-refractivity contribution in [2.45, 2.75) is 84.1 Å². The fraction of sp³-hybridized carbons (Fsp3) is 1.00. The van der Waals surface area contributed by atoms with E-state index in [9.17, 15) is 4.57 Å². The van der Waals surface area contributed by atoms with Crippen LogP contribution in [0.1, 0.15) is 66.2 Å². The Kier molecular flexibility index (Phi) is 6.19. The Morgan fingerprint density at radius 3 is 1.65 bits per heavy atom. The SMILES string of the molecule is CC(C)OP(=O)(OC(C)C)C1CCCCCC1. The summed E-state index contributed by atoms with van der Waals surface area (Å²) in [6, 6.07) is 0. The van der Waals surface area contributed by atoms with E-state index in [2.05, 4.69) is 0 Å². The van der Waals surface area contributed by atoms with E-state index in [0.717, 1.165) is 25.7 Å². The second-order valence-corrected chi connectivity index (χ2v) is 7.73. The predicted molar refractivity (Wildman–Crippen MR) is 71.5 cm³/mol. The number of hydrogen-bond donors (Lipinski definition) is 0. The number of rotatable bonds is 5. The molecule has 1 aliphatic carbocycles. The molecule has 0 radical (unpaired) electrons. The van der Waals surface area contributed by atoms with Crippen LogP contribution in [0.15, 0.2) is 0 Å². The maximum atomic E-state index is 12.9. The Bertz CT molecular complexity index is 241. The van der Waals surface area contributed by atoms with Crippen molar-refractivity contribution in [2.75, 3.05) is 0 Å². The molecule has 0 N–H and O–H groups in total. The fourth-order valence-corrected chi connectivity index (χ4v) is 4.93. The van der Waals surface area contributed by atoms with Gasteiger partial charge in [-0.05, 0) is 40.5 Å². The molecule has 1 rings (SSSR count). The summed E-state index contributed by atoms with van der Waals surface area (Å²) in [6.07, 6.45) is 6.69. The largest absolute Gasteiger partial charge is 0.334 e. The molecular weight excluding hydrogens is 235 g/mol. The topological polar surface area (TPSA) is 35.5 Å². The van der Waals surface area contributed by atoms with Crippen LogP contribution in [0.25, 0.3) is 0 Å². The molecule has 0 spiro atoms. The van der Waals surface area contributed by atoms with E-state index in [-0.39, 0.29) is 17.9 Å². The average molecular weight is 262 g/mol. The van der Waals surface area contributed by atoms with E-state index in [1.807, 2.05) is 27.7 Å². The molecule has 0 aromatic heterocycles. The molecule has 0 aliphatic heterocycles. The molecule has 0 atom stereocenters. The van der Waals surface area contributed by atoms with Crippen molar-refractivity contribution in [1.29, 1.82) is 0 Å². The van der Waals surface area contributed by atoms with Gasteiger partial charge in [-0.25, -0.2) is 0 Å². The lowest BCUT2D eigenvalue weighted by molar-refractivity contribution is 0.135. The molecule has 1 saturated carbocycles. The minimum absolute atomic E-state index is 0.0390. The lowest BCUT2D eigenvalue weighted by Gasteiger charge is -2.29. The van der Waals surface area contributed by atoms with Gasteiger partial charge >= 0.3 is 7.60 Å². The first-order valence-corrected chi connectivity index (χ1v) is 8.52. The van der Waals surface area contributed by atoms with Gasteiger partial charge in [0.1, 0.15) is 0 Å². The molecule has 0 amide bonds. The Balaban J connectivity index is 2.75. The van der Waals surface area contributed by atoms with Crippen LogP contribution in [0.2, 0.25) is 0 Å². The average Bonchev–Trinajstić information content (AvgIpc) is 2.42. The van der Waals surface area contributed by atoms with Crippen molar-refractivity contribution >= 4 is 7.60 Å². The van der Waals surface area contributed by atoms with E-state index >= 15 is 0 Å². The van der Waals surface area contributed by atoms with Crippen molar-refractivity contribution in [2.24, 2.45) is 0 Å². The number of hydrogen-bond acceptors (Lipinski definition) is 3. The third-order valence-electron chi connectivity index (χ3n) is 2.99. The first kappa shape index (κ1) is 15.2. The van der Waals surface area contributed by atoms with Crippen LogP contribution in [0, 0.1) is 0 Å². The second-order valence-electron chi connectivity index (χ2n) is 5.49. The molecule has 1 fully saturated rings. The van der Waals surface area contributed by atoms with E-state index in [1.54, 1.807) is 0 Å². The molecule has 102 valence electrons. The molecule has 0 aromatic carbocycles. The van der Waals surface area contributed by atoms with Crippen molar-refractivity contribution in [3.05, 3.63) is 0 Å². The van der Waals surface area contributed by atoms with Gasteiger partial charge in [-0.3, -0.25) is 4.57 Å². The monoisotopic (exact) mass is 262 g/mol. The zero-order valence-corrected chi connectivity index (χ0v) is 12.5. The van der Waals surface area contributed by atoms with Crippen LogP contribution in [0.4, 0.5) is 0 Å². The van der Waals surface area contributed by atoms with Gasteiger partial charge in [-0.2, -0.15) is 0 Å². The first-order valence-electron chi connectivity index (χ1n) is 6.90. The lowest BCUT2D eigenvalue weighted by Crippen LogP contribution is -2.18. The Labute approximate surface area is 106 Å². The summed E-state index contributed by atoms with van der Waals surface area (Å²) in [4.78, 5) is 0. The van der Waals surface area contributed by atoms with Gasteiger partial charge in [0.2, 0.25) is 0 Å². The third kappa shape index (κ3) is 5.11. The summed E-state index contributed by atoms with van der Waals surface area (Å²) in [7, 11) is -2.93. The predicted octanol–water partition coefficient (Wildman–Crippen LogP) is 4.75. The van der Waals surface area contributed by atoms with Gasteiger partial charge in [-0.1, -0.05) is 25.7 Å². The van der Waals surface area contributed by atoms with Gasteiger partial charge < -0.3 is 9.05 Å². The summed E-state index contributed by atoms with van der Waals surface area (Å²) in [5.41, 5.74) is 0.106. The quantitative estimate of drug-likeness (QED) is 0.529. The van der Waals surface area contributed by atoms with Crippen LogP contribution in [0.3, 0.4) is 0 Å². The normalized spacial score (nSPS) is 19.9. The summed E-state index contributed by atoms with van der Waals surface area (Å²) >= 11 is 0. The Morgan fingerprint density at radius 2 is 1.29 bits per heavy atom. The highest BCUT2D eigenvalue weighted by Gasteiger charge is 2.37. The van der Waals surface area contributed by atoms with E-state index in [1.165, 1.54) is 12.8 Å². The molecule has 0 aromatic rings. The van der Waals surface area contributed by atoms with Crippen LogP contribution in [-0.4, -0.2) is 17.9 Å². The third-order valence-corrected chi connectivity index (χ3v) is 5.83. The van der Waals surface area contributed by atoms with E-state index in [0.29, 0.717) is 0 Å². The minimum Gasteiger partial charge on any atom is -0.306 e. The zero-order valence-electron chi connectivity index (χ0n) is 11.6. The molecule has 0 unspecified atom stereocenters. The highest BCUT2D eigenvalue weighted by atomic mass is 31.2. The van der Waals surface area contributed by atoms with Crippen LogP contribution >= 0.6 is 7.60 Å². The van der Waals surface area contributed by atoms with Crippen molar-refractivity contribution in [3.8, 4) is 0 Å². The van der Waals surface area contributed by atoms with Crippen LogP contribution in [0.5, 0.6) is 0 Å². The lowest BCUT2D eigenvalue weighted by atomic mass is 10.2. The highest BCUT2D eigenvalue weighted by molar-refractivity contribution is 7.54. The van der Waals surface area contributed by atoms with Gasteiger partial charge in [-0.15, -0.1) is 0 Å². The minimum atomic E-state index is -2.93. The van der Waals surface area contributed by atoms with Crippen LogP contribution in [-0.2, 0) is 13.6 Å². The molecule has 0 bridgehead atoms. The Morgan fingerprint density at radius 1 is 0.882 bits per heavy atom. The highest BCUT2D eigenvalue weighted by Crippen LogP contribution is 2.58. The van der Waals surface area contributed by atoms with Crippen molar-refractivity contribution < 1.29 is 13.6 Å². The standard InChI is InChI=1S/C13H27O3P/c1-11(2)15-17(14,16-12(3)4)13-9-7-5-6-8-10-13/h11-13H,5-10H2,1-4H3. The van der Waals surface area contributed by atoms with Gasteiger partial charge in [0.15, 0.2) is 0 Å². The fourth-order valence-electron chi connectivity index (χ4n) is 2.36. The molecule has 3 nitrogen and oxygen atoms in total. The van der Waals surface area contributed by atoms with Crippen molar-refractivity contribution in [1.82, 2.24) is 0 Å². The van der Waals surface area contributed by atoms with E-state index in [4.69, 9.17) is 9.05 Å². The summed E-state index contributed by atoms with van der Waals surface area (Å²) in [5.74, 6) is 0. The van der Waals surface area contributed by atoms with Gasteiger partial charge in [0.05, 0.1) is 17.9 Å². The zero-order chi connectivity index (χ0) is 12.9. The summed E-state index contributed by atoms with van der Waals surface area (Å²) < 4.78 is 24.3. The smallest absolute Gasteiger partial charge is 0.306 e. The molecule has 17 heavy (non-hydrogen) atoms. The van der Waals surface area contributed by atoms with E-state index < -0.39 is 7.60 Å². The summed E-state index contributed by atoms with van der Waals surface area (Å²) in [6.45, 7) is 7.69. The molecule has 0 heterocycles. The van der Waals surface area contributed by atoms with Crippen LogP contribution < -0.4 is 0 Å². The van der Waals surface area contributed by atoms with Crippen molar-refractivity contribution in [3.63, 3.8) is 0 Å². The maximum Gasteiger partial charge on any atom is 0.334 e. The van der Waals surface area contributed by atoms with Gasteiger partial charge in [0, 0.05) is 0 Å². The second kappa shape index (κ2) is 6.92. The van der Waals surface area contributed by atoms with Gasteiger partial charge in [0.25, 0.3) is 0 Å². The molecule has 1 aliphatic rings. The first-order chi connectivity index (χ1) is 7.94.